The molecule has 0 radical (unpaired) electrons. The van der Waals surface area contributed by atoms with Crippen LogP contribution < -0.4 is 61.5 Å². The third-order valence-electron chi connectivity index (χ3n) is 13.4. The van der Waals surface area contributed by atoms with Gasteiger partial charge in [-0.05, 0) is 123 Å². The van der Waals surface area contributed by atoms with Gasteiger partial charge in [0.25, 0.3) is 21.8 Å². The molecule has 10 N–H and O–H groups in total. The molecule has 1 unspecified atom stereocenters. The minimum Gasteiger partial charge on any atom is -0.379 e. The number of unbranched alkanes of at least 4 members (excludes halogenated alkanes) is 1. The van der Waals surface area contributed by atoms with Gasteiger partial charge in [-0.25, -0.2) is 21.8 Å². The van der Waals surface area contributed by atoms with Crippen LogP contribution in [0.2, 0.25) is 0 Å². The van der Waals surface area contributed by atoms with Crippen LogP contribution in [0.1, 0.15) is 46.4 Å². The summed E-state index contributed by atoms with van der Waals surface area (Å²) in [5.41, 5.74) is 13.2. The number of amides is 6. The van der Waals surface area contributed by atoms with Crippen LogP contribution >= 0.6 is 0 Å². The van der Waals surface area contributed by atoms with Crippen molar-refractivity contribution in [1.29, 1.82) is 0 Å². The number of rotatable bonds is 27. The number of hydrogen-bond donors (Lipinski definition) is 10. The lowest BCUT2D eigenvalue weighted by Crippen LogP contribution is -2.43. The number of hydrazine groups is 2. The van der Waals surface area contributed by atoms with Crippen LogP contribution in [0.15, 0.2) is 156 Å². The smallest absolute Gasteiger partial charge is 0.327 e. The first-order valence-corrected chi connectivity index (χ1v) is 30.4. The Balaban J connectivity index is 0.724. The Hall–Kier alpha value is -8.86. The Morgan fingerprint density at radius 1 is 0.506 bits per heavy atom. The molecule has 27 heteroatoms. The number of hydrogen-bond acceptors (Lipinski definition) is 15. The largest absolute Gasteiger partial charge is 0.379 e. The van der Waals surface area contributed by atoms with Gasteiger partial charge in [0.05, 0.1) is 47.6 Å². The summed E-state index contributed by atoms with van der Waals surface area (Å²) >= 11 is 0. The Kier molecular flexibility index (Phi) is 23.2. The van der Waals surface area contributed by atoms with Gasteiger partial charge in [-0.2, -0.15) is 0 Å². The molecule has 2 aliphatic heterocycles. The van der Waals surface area contributed by atoms with E-state index in [1.807, 2.05) is 21.5 Å². The highest BCUT2D eigenvalue weighted by Crippen LogP contribution is 2.22. The molecule has 4 aromatic carbocycles. The lowest BCUT2D eigenvalue weighted by atomic mass is 10.2. The fourth-order valence-electron chi connectivity index (χ4n) is 8.83. The number of anilines is 6. The molecule has 2 aromatic heterocycles. The maximum Gasteiger partial charge on any atom is 0.327 e. The van der Waals surface area contributed by atoms with Gasteiger partial charge in [0.1, 0.15) is 35.2 Å². The molecule has 0 bridgehead atoms. The van der Waals surface area contributed by atoms with E-state index in [-0.39, 0.29) is 22.2 Å². The van der Waals surface area contributed by atoms with Crippen molar-refractivity contribution in [3.05, 3.63) is 157 Å². The van der Waals surface area contributed by atoms with E-state index in [0.717, 1.165) is 52.1 Å². The molecule has 0 saturated carbocycles. The van der Waals surface area contributed by atoms with E-state index in [1.165, 1.54) is 42.5 Å². The molecule has 2 fully saturated rings. The van der Waals surface area contributed by atoms with Crippen molar-refractivity contribution < 1.29 is 60.0 Å². The number of aromatic nitrogens is 2. The number of ether oxygens (including phenoxy) is 2. The maximum atomic E-state index is 13.4. The predicted molar refractivity (Wildman–Crippen MR) is 318 cm³/mol. The number of benzene rings is 4. The zero-order valence-electron chi connectivity index (χ0n) is 46.7. The van der Waals surface area contributed by atoms with Gasteiger partial charge in [-0.3, -0.25) is 65.0 Å². The van der Waals surface area contributed by atoms with E-state index < -0.39 is 50.5 Å². The number of pyridine rings is 2. The van der Waals surface area contributed by atoms with Crippen molar-refractivity contribution in [2.45, 2.75) is 48.6 Å². The zero-order valence-corrected chi connectivity index (χ0v) is 48.3. The quantitative estimate of drug-likeness (QED) is 0.0154. The third-order valence-corrected chi connectivity index (χ3v) is 15.9. The Labute approximate surface area is 495 Å². The summed E-state index contributed by atoms with van der Waals surface area (Å²) in [6.45, 7) is 9.65. The van der Waals surface area contributed by atoms with E-state index in [1.54, 1.807) is 91.3 Å². The van der Waals surface area contributed by atoms with Crippen LogP contribution in [0, 0.1) is 0 Å². The molecule has 2 saturated heterocycles. The molecule has 4 heterocycles. The molecule has 6 aromatic rings. The van der Waals surface area contributed by atoms with Crippen molar-refractivity contribution in [3.63, 3.8) is 0 Å². The summed E-state index contributed by atoms with van der Waals surface area (Å²) < 4.78 is 60.1. The van der Waals surface area contributed by atoms with Gasteiger partial charge in [-0.1, -0.05) is 12.1 Å². The van der Waals surface area contributed by atoms with Gasteiger partial charge in [-0.15, -0.1) is 0 Å². The monoisotopic (exact) mass is 1200 g/mol. The Bertz CT molecular complexity index is 3400. The Morgan fingerprint density at radius 2 is 0.965 bits per heavy atom. The fraction of sp³-hybridized carbons (Fsp3) is 0.310. The highest BCUT2D eigenvalue weighted by Gasteiger charge is 2.20. The molecule has 0 aliphatic carbocycles. The van der Waals surface area contributed by atoms with Crippen LogP contribution in [0.25, 0.3) is 0 Å². The molecular weight excluding hydrogens is 1130 g/mol. The number of carbonyl (C=O) groups excluding carboxylic acids is 6. The van der Waals surface area contributed by atoms with Crippen molar-refractivity contribution in [2.75, 3.05) is 110 Å². The first-order chi connectivity index (χ1) is 41.2. The second kappa shape index (κ2) is 31.7. The second-order valence-corrected chi connectivity index (χ2v) is 22.6. The number of sulfonamides is 1. The number of nitrogens with zero attached hydrogens (tertiary/aromatic N) is 4. The lowest BCUT2D eigenvalue weighted by Gasteiger charge is -2.26. The van der Waals surface area contributed by atoms with Crippen LogP contribution in [0.5, 0.6) is 0 Å². The summed E-state index contributed by atoms with van der Waals surface area (Å²) in [6.07, 6.45) is 10.1. The maximum absolute atomic E-state index is 13.4. The van der Waals surface area contributed by atoms with E-state index in [4.69, 9.17) is 9.47 Å². The molecule has 25 nitrogen and oxygen atoms in total. The third kappa shape index (κ3) is 20.2. The van der Waals surface area contributed by atoms with Crippen LogP contribution in [-0.4, -0.2) is 137 Å². The summed E-state index contributed by atoms with van der Waals surface area (Å²) in [4.78, 5) is 80.7. The van der Waals surface area contributed by atoms with Gasteiger partial charge in [0, 0.05) is 87.0 Å². The van der Waals surface area contributed by atoms with Crippen molar-refractivity contribution >= 4 is 90.6 Å². The minimum atomic E-state index is -4.09. The SMILES string of the molecule is O=C(NCCCN1CCOCC1)C(=O)NNc1ccc(NS(=O)c2cccc(NC(=O)c3ccc[n+](CCCC[n+]4cccc(C(=O)Nc5cccc(S(=O)(=O)Nc6ccc(NNC(=O)C(=O)NCCCN7CCOCC7)cc6)c5)c4)c3)c2)cc1. The van der Waals surface area contributed by atoms with Gasteiger partial charge < -0.3 is 35.5 Å². The normalized spacial score (nSPS) is 13.9. The van der Waals surface area contributed by atoms with Gasteiger partial charge in [0.2, 0.25) is 0 Å². The van der Waals surface area contributed by atoms with Crippen molar-refractivity contribution in [3.8, 4) is 0 Å². The predicted octanol–water partition coefficient (Wildman–Crippen LogP) is 2.75. The van der Waals surface area contributed by atoms with E-state index in [9.17, 15) is 41.4 Å². The van der Waals surface area contributed by atoms with Gasteiger partial charge >= 0.3 is 23.6 Å². The second-order valence-electron chi connectivity index (χ2n) is 19.7. The Morgan fingerprint density at radius 3 is 1.47 bits per heavy atom. The van der Waals surface area contributed by atoms with Crippen molar-refractivity contribution in [2.24, 2.45) is 0 Å². The van der Waals surface area contributed by atoms with E-state index in [0.29, 0.717) is 104 Å². The summed E-state index contributed by atoms with van der Waals surface area (Å²) in [5.74, 6) is -4.03. The van der Waals surface area contributed by atoms with Crippen molar-refractivity contribution in [1.82, 2.24) is 31.3 Å². The number of aryl methyl sites for hydroxylation is 2. The van der Waals surface area contributed by atoms with Crippen LogP contribution in [-0.2, 0) is 62.8 Å². The highest BCUT2D eigenvalue weighted by molar-refractivity contribution is 7.92. The summed E-state index contributed by atoms with van der Waals surface area (Å²) in [7, 11) is -5.79. The molecular formula is C58H70N14O11S2+2. The molecule has 448 valence electrons. The molecule has 1 atom stereocenters. The number of carbonyl (C=O) groups is 6. The minimum absolute atomic E-state index is 0.0893. The average Bonchev–Trinajstić information content (AvgIpc) is 3.67. The van der Waals surface area contributed by atoms with E-state index in [2.05, 4.69) is 62.2 Å². The van der Waals surface area contributed by atoms with Gasteiger partial charge in [0.15, 0.2) is 24.8 Å². The highest BCUT2D eigenvalue weighted by atomic mass is 32.2. The number of nitrogens with one attached hydrogen (secondary N) is 10. The summed E-state index contributed by atoms with van der Waals surface area (Å²) in [5, 5.41) is 10.9. The zero-order chi connectivity index (χ0) is 59.8. The van der Waals surface area contributed by atoms with Crippen LogP contribution in [0.3, 0.4) is 0 Å². The van der Waals surface area contributed by atoms with E-state index >= 15 is 0 Å². The molecule has 8 rings (SSSR count). The molecule has 85 heavy (non-hydrogen) atoms. The number of morpholine rings is 2. The topological polar surface area (TPSA) is 307 Å². The summed E-state index contributed by atoms with van der Waals surface area (Å²) in [6, 6.07) is 32.1. The first-order valence-electron chi connectivity index (χ1n) is 27.7. The first kappa shape index (κ1) is 62.2. The van der Waals surface area contributed by atoms with Crippen LogP contribution in [0.4, 0.5) is 34.1 Å². The lowest BCUT2D eigenvalue weighted by molar-refractivity contribution is -0.708. The fourth-order valence-corrected chi connectivity index (χ4v) is 10.8. The molecule has 0 spiro atoms. The average molecular weight is 1200 g/mol. The molecule has 6 amide bonds. The molecule has 2 aliphatic rings. The standard InChI is InChI=1S/C58H68N14O11S2/c73-53(61-49-11-3-13-51(39-49)84(79)67-47-19-15-45(16-20-47)63-65-57(77)55(75)59-23-7-29-69-31-35-82-36-32-69)43-9-5-27-71(41-43)25-1-2-26-72-28-6-10-44(42-72)54(74)62-50-12-4-14-52(40-50)85(80,81)68-48-21-17-46(18-22-48)64-66-58(78)56(76)60-24-8-30-70-33-37-83-38-34-70/h3-6,9-22,27-28,39-42H,1-2,7-8,23-26,29-38H2,(H8-2,59,60,61,62,63,64,65,66,67,68,73,74,75,76,77,78)/p+2.